The highest BCUT2D eigenvalue weighted by molar-refractivity contribution is 6.43. The Hall–Kier alpha value is -3.69. The molecule has 0 aliphatic carbocycles. The number of nitriles is 1. The lowest BCUT2D eigenvalue weighted by Crippen LogP contribution is -2.51. The number of nitrogens with zero attached hydrogens (tertiary/aromatic N) is 2. The van der Waals surface area contributed by atoms with Crippen molar-refractivity contribution in [3.05, 3.63) is 76.9 Å². The smallest absolute Gasteiger partial charge is 0.449 e. The van der Waals surface area contributed by atoms with Crippen molar-refractivity contribution < 1.29 is 33.8 Å². The van der Waals surface area contributed by atoms with Gasteiger partial charge in [-0.3, -0.25) is 4.79 Å². The maximum Gasteiger partial charge on any atom is 0.475 e. The number of benzene rings is 2. The van der Waals surface area contributed by atoms with Gasteiger partial charge in [-0.05, 0) is 54.9 Å². The predicted molar refractivity (Wildman–Crippen MR) is 157 cm³/mol. The SMILES string of the molecule is N#CC(=Cc1cccc(CCOC(=O)N[C@@H](Cc2ccccc2)B(O)O)c1)C(=O)N(C1CCOCC1)C1CCOCC1. The highest BCUT2D eigenvalue weighted by atomic mass is 16.5. The lowest BCUT2D eigenvalue weighted by Gasteiger charge is -2.41. The van der Waals surface area contributed by atoms with E-state index in [0.717, 1.165) is 36.8 Å². The number of hydrogen-bond donors (Lipinski definition) is 3. The van der Waals surface area contributed by atoms with Gasteiger partial charge in [0.05, 0.1) is 12.5 Å². The minimum Gasteiger partial charge on any atom is -0.449 e. The first-order valence-corrected chi connectivity index (χ1v) is 14.5. The molecule has 42 heavy (non-hydrogen) atoms. The first kappa shape index (κ1) is 31.3. The van der Waals surface area contributed by atoms with Crippen molar-refractivity contribution >= 4 is 25.2 Å². The van der Waals surface area contributed by atoms with E-state index in [1.54, 1.807) is 6.08 Å². The van der Waals surface area contributed by atoms with E-state index in [-0.39, 0.29) is 36.6 Å². The fraction of sp³-hybridized carbons (Fsp3) is 0.452. The third-order valence-corrected chi connectivity index (χ3v) is 7.60. The van der Waals surface area contributed by atoms with Crippen LogP contribution in [0.3, 0.4) is 0 Å². The molecule has 1 atom stereocenters. The molecule has 2 saturated heterocycles. The van der Waals surface area contributed by atoms with E-state index in [2.05, 4.69) is 11.4 Å². The molecule has 2 heterocycles. The number of carbonyl (C=O) groups excluding carboxylic acids is 2. The van der Waals surface area contributed by atoms with Crippen LogP contribution in [0.2, 0.25) is 0 Å². The average molecular weight is 575 g/mol. The molecule has 0 aromatic heterocycles. The molecule has 2 aliphatic rings. The Kier molecular flexibility index (Phi) is 12.0. The zero-order chi connectivity index (χ0) is 29.7. The second kappa shape index (κ2) is 16.1. The summed E-state index contributed by atoms with van der Waals surface area (Å²) in [6, 6.07) is 18.8. The van der Waals surface area contributed by atoms with E-state index in [1.807, 2.05) is 59.5 Å². The first-order valence-electron chi connectivity index (χ1n) is 14.5. The molecule has 0 spiro atoms. The number of hydrogen-bond acceptors (Lipinski definition) is 8. The van der Waals surface area contributed by atoms with Crippen LogP contribution in [0.1, 0.15) is 42.4 Å². The lowest BCUT2D eigenvalue weighted by atomic mass is 9.76. The summed E-state index contributed by atoms with van der Waals surface area (Å²) < 4.78 is 16.3. The second-order valence-corrected chi connectivity index (χ2v) is 10.6. The summed E-state index contributed by atoms with van der Waals surface area (Å²) in [6.45, 7) is 2.45. The molecule has 0 bridgehead atoms. The normalized spacial score (nSPS) is 17.1. The number of nitrogens with one attached hydrogen (secondary N) is 1. The molecule has 222 valence electrons. The first-order chi connectivity index (χ1) is 20.4. The van der Waals surface area contributed by atoms with Crippen molar-refractivity contribution in [3.8, 4) is 6.07 Å². The Morgan fingerprint density at radius 2 is 1.62 bits per heavy atom. The molecule has 0 radical (unpaired) electrons. The van der Waals surface area contributed by atoms with Crippen LogP contribution in [0.15, 0.2) is 60.2 Å². The van der Waals surface area contributed by atoms with Crippen LogP contribution in [0, 0.1) is 11.3 Å². The zero-order valence-corrected chi connectivity index (χ0v) is 23.7. The highest BCUT2D eigenvalue weighted by Crippen LogP contribution is 2.26. The van der Waals surface area contributed by atoms with E-state index < -0.39 is 19.2 Å². The topological polar surface area (TPSA) is 141 Å². The number of ether oxygens (including phenoxy) is 3. The Bertz CT molecular complexity index is 1220. The molecule has 3 N–H and O–H groups in total. The molecular weight excluding hydrogens is 537 g/mol. The molecule has 4 rings (SSSR count). The van der Waals surface area contributed by atoms with E-state index in [4.69, 9.17) is 14.2 Å². The Balaban J connectivity index is 1.36. The average Bonchev–Trinajstić information content (AvgIpc) is 3.01. The van der Waals surface area contributed by atoms with Gasteiger partial charge in [0.2, 0.25) is 0 Å². The number of amides is 2. The molecule has 2 fully saturated rings. The number of rotatable bonds is 11. The summed E-state index contributed by atoms with van der Waals surface area (Å²) in [7, 11) is -1.74. The van der Waals surface area contributed by atoms with Crippen molar-refractivity contribution in [2.75, 3.05) is 33.0 Å². The van der Waals surface area contributed by atoms with E-state index >= 15 is 0 Å². The van der Waals surface area contributed by atoms with Gasteiger partial charge in [0.25, 0.3) is 5.91 Å². The largest absolute Gasteiger partial charge is 0.475 e. The van der Waals surface area contributed by atoms with Crippen LogP contribution in [0.5, 0.6) is 0 Å². The lowest BCUT2D eigenvalue weighted by molar-refractivity contribution is -0.136. The minimum absolute atomic E-state index is 0.0277. The Morgan fingerprint density at radius 3 is 2.21 bits per heavy atom. The van der Waals surface area contributed by atoms with Gasteiger partial charge < -0.3 is 34.5 Å². The monoisotopic (exact) mass is 575 g/mol. The molecule has 0 unspecified atom stereocenters. The van der Waals surface area contributed by atoms with E-state index in [1.165, 1.54) is 0 Å². The third-order valence-electron chi connectivity index (χ3n) is 7.60. The van der Waals surface area contributed by atoms with Crippen molar-refractivity contribution in [1.29, 1.82) is 5.26 Å². The van der Waals surface area contributed by atoms with E-state index in [9.17, 15) is 24.9 Å². The molecule has 2 aromatic rings. The van der Waals surface area contributed by atoms with E-state index in [0.29, 0.717) is 38.4 Å². The summed E-state index contributed by atoms with van der Waals surface area (Å²) in [5.41, 5.74) is 2.48. The second-order valence-electron chi connectivity index (χ2n) is 10.6. The van der Waals surface area contributed by atoms with Crippen molar-refractivity contribution in [2.45, 2.75) is 56.5 Å². The minimum atomic E-state index is -1.74. The highest BCUT2D eigenvalue weighted by Gasteiger charge is 2.34. The van der Waals surface area contributed by atoms with Crippen LogP contribution in [-0.2, 0) is 31.8 Å². The Labute approximate surface area is 247 Å². The predicted octanol–water partition coefficient (Wildman–Crippen LogP) is 2.67. The standard InChI is InChI=1S/C31H38BN3O7/c33-22-26(30(36)35(27-10-14-40-15-11-27)28-12-16-41-17-13-28)20-25-8-4-7-24(19-25)9-18-42-31(37)34-29(32(38)39)21-23-5-2-1-3-6-23/h1-8,19-20,27-29,38-39H,9-18,21H2,(H,34,37)/t29-/m0/s1. The van der Waals surface area contributed by atoms with Gasteiger partial charge in [0.15, 0.2) is 0 Å². The van der Waals surface area contributed by atoms with Gasteiger partial charge >= 0.3 is 13.2 Å². The molecule has 11 heteroatoms. The van der Waals surface area contributed by atoms with Gasteiger partial charge in [-0.25, -0.2) is 4.79 Å². The fourth-order valence-corrected chi connectivity index (χ4v) is 5.40. The van der Waals surface area contributed by atoms with Crippen LogP contribution in [0.4, 0.5) is 4.79 Å². The third kappa shape index (κ3) is 9.16. The van der Waals surface area contributed by atoms with Gasteiger partial charge in [-0.2, -0.15) is 5.26 Å². The fourth-order valence-electron chi connectivity index (χ4n) is 5.40. The van der Waals surface area contributed by atoms with Crippen molar-refractivity contribution in [2.24, 2.45) is 0 Å². The summed E-state index contributed by atoms with van der Waals surface area (Å²) in [5.74, 6) is -1.19. The number of carbonyl (C=O) groups is 2. The molecule has 10 nitrogen and oxygen atoms in total. The van der Waals surface area contributed by atoms with Gasteiger partial charge in [0.1, 0.15) is 11.6 Å². The van der Waals surface area contributed by atoms with Crippen molar-refractivity contribution in [1.82, 2.24) is 10.2 Å². The van der Waals surface area contributed by atoms with Crippen molar-refractivity contribution in [3.63, 3.8) is 0 Å². The quantitative estimate of drug-likeness (QED) is 0.211. The van der Waals surface area contributed by atoms with Crippen LogP contribution in [-0.4, -0.2) is 85.1 Å². The maximum atomic E-state index is 13.7. The molecule has 2 amide bonds. The zero-order valence-electron chi connectivity index (χ0n) is 23.7. The van der Waals surface area contributed by atoms with Crippen LogP contribution in [0.25, 0.3) is 6.08 Å². The van der Waals surface area contributed by atoms with Crippen LogP contribution < -0.4 is 5.32 Å². The summed E-state index contributed by atoms with van der Waals surface area (Å²) >= 11 is 0. The molecular formula is C31H38BN3O7. The summed E-state index contributed by atoms with van der Waals surface area (Å²) in [5, 5.41) is 31.9. The van der Waals surface area contributed by atoms with Gasteiger partial charge in [-0.1, -0.05) is 54.6 Å². The number of alkyl carbamates (subject to hydrolysis) is 1. The molecule has 2 aromatic carbocycles. The van der Waals surface area contributed by atoms with Gasteiger partial charge in [-0.15, -0.1) is 0 Å². The summed E-state index contributed by atoms with van der Waals surface area (Å²) in [6.07, 6.45) is 4.48. The summed E-state index contributed by atoms with van der Waals surface area (Å²) in [4.78, 5) is 27.9. The Morgan fingerprint density at radius 1 is 1.00 bits per heavy atom. The molecule has 0 saturated carbocycles. The van der Waals surface area contributed by atoms with Gasteiger partial charge in [0, 0.05) is 44.9 Å². The van der Waals surface area contributed by atoms with Crippen LogP contribution >= 0.6 is 0 Å². The molecule has 2 aliphatic heterocycles. The maximum absolute atomic E-state index is 13.7.